The second-order valence-corrected chi connectivity index (χ2v) is 9.17. The van der Waals surface area contributed by atoms with Crippen LogP contribution in [0.25, 0.3) is 0 Å². The molecule has 9 heteroatoms. The third kappa shape index (κ3) is 8.33. The number of carbonyl (C=O) groups is 2. The number of halogens is 2. The first-order valence-corrected chi connectivity index (χ1v) is 12.7. The Bertz CT molecular complexity index is 1460. The molecule has 1 atom stereocenters. The summed E-state index contributed by atoms with van der Waals surface area (Å²) >= 11 is 11.9. The van der Waals surface area contributed by atoms with Crippen LogP contribution in [0.4, 0.5) is 0 Å². The number of nitrogens with zero attached hydrogens (tertiary/aromatic N) is 1. The summed E-state index contributed by atoms with van der Waals surface area (Å²) in [5.41, 5.74) is 4.30. The number of ether oxygens (including phenoxy) is 3. The minimum Gasteiger partial charge on any atom is -0.489 e. The van der Waals surface area contributed by atoms with Gasteiger partial charge in [-0.2, -0.15) is 5.10 Å². The van der Waals surface area contributed by atoms with Crippen LogP contribution < -0.4 is 19.6 Å². The highest BCUT2D eigenvalue weighted by Gasteiger charge is 2.15. The van der Waals surface area contributed by atoms with E-state index in [9.17, 15) is 9.59 Å². The molecule has 4 aromatic carbocycles. The average molecular weight is 563 g/mol. The average Bonchev–Trinajstić information content (AvgIpc) is 2.93. The monoisotopic (exact) mass is 562 g/mol. The summed E-state index contributed by atoms with van der Waals surface area (Å²) in [5, 5.41) is 4.58. The Hall–Kier alpha value is -4.33. The van der Waals surface area contributed by atoms with Gasteiger partial charge >= 0.3 is 5.97 Å². The minimum atomic E-state index is -0.797. The number of esters is 1. The molecule has 0 bridgehead atoms. The van der Waals surface area contributed by atoms with Crippen molar-refractivity contribution in [3.05, 3.63) is 124 Å². The van der Waals surface area contributed by atoms with Gasteiger partial charge in [-0.05, 0) is 72.6 Å². The molecule has 4 aromatic rings. The van der Waals surface area contributed by atoms with E-state index in [1.54, 1.807) is 61.5 Å². The van der Waals surface area contributed by atoms with Crippen molar-refractivity contribution in [2.45, 2.75) is 19.6 Å². The van der Waals surface area contributed by atoms with Gasteiger partial charge in [0, 0.05) is 5.02 Å². The molecule has 0 aliphatic heterocycles. The Labute approximate surface area is 235 Å². The van der Waals surface area contributed by atoms with Crippen LogP contribution in [0.3, 0.4) is 0 Å². The highest BCUT2D eigenvalue weighted by atomic mass is 35.5. The van der Waals surface area contributed by atoms with Crippen molar-refractivity contribution in [3.8, 4) is 17.2 Å². The van der Waals surface area contributed by atoms with E-state index in [1.807, 2.05) is 30.3 Å². The quantitative estimate of drug-likeness (QED) is 0.100. The molecule has 0 aliphatic carbocycles. The molecule has 0 radical (unpaired) electrons. The molecule has 39 heavy (non-hydrogen) atoms. The highest BCUT2D eigenvalue weighted by molar-refractivity contribution is 6.36. The highest BCUT2D eigenvalue weighted by Crippen LogP contribution is 2.23. The van der Waals surface area contributed by atoms with Crippen LogP contribution in [0.15, 0.2) is 102 Å². The Morgan fingerprint density at radius 3 is 2.36 bits per heavy atom. The van der Waals surface area contributed by atoms with Gasteiger partial charge in [-0.15, -0.1) is 0 Å². The zero-order chi connectivity index (χ0) is 27.6. The molecule has 0 aliphatic rings. The predicted octanol–water partition coefficient (Wildman–Crippen LogP) is 6.71. The van der Waals surface area contributed by atoms with Crippen molar-refractivity contribution in [2.75, 3.05) is 0 Å². The molecule has 7 nitrogen and oxygen atoms in total. The van der Waals surface area contributed by atoms with E-state index in [4.69, 9.17) is 37.4 Å². The summed E-state index contributed by atoms with van der Waals surface area (Å²) in [5.74, 6) is 0.437. The van der Waals surface area contributed by atoms with Gasteiger partial charge < -0.3 is 14.2 Å². The van der Waals surface area contributed by atoms with Gasteiger partial charge in [0.2, 0.25) is 0 Å². The van der Waals surface area contributed by atoms with Gasteiger partial charge in [-0.3, -0.25) is 4.79 Å². The lowest BCUT2D eigenvalue weighted by atomic mass is 10.2. The Kier molecular flexibility index (Phi) is 9.56. The van der Waals surface area contributed by atoms with Gasteiger partial charge in [0.1, 0.15) is 23.9 Å². The van der Waals surface area contributed by atoms with Crippen molar-refractivity contribution in [2.24, 2.45) is 5.10 Å². The first-order valence-electron chi connectivity index (χ1n) is 11.9. The van der Waals surface area contributed by atoms with Crippen LogP contribution >= 0.6 is 23.2 Å². The molecule has 0 saturated heterocycles. The van der Waals surface area contributed by atoms with Crippen LogP contribution in [-0.4, -0.2) is 24.2 Å². The van der Waals surface area contributed by atoms with Gasteiger partial charge in [-0.25, -0.2) is 10.2 Å². The van der Waals surface area contributed by atoms with Crippen molar-refractivity contribution in [3.63, 3.8) is 0 Å². The normalized spacial score (nSPS) is 11.6. The smallest absolute Gasteiger partial charge is 0.345 e. The third-order valence-electron chi connectivity index (χ3n) is 5.36. The number of hydrazone groups is 1. The summed E-state index contributed by atoms with van der Waals surface area (Å²) < 4.78 is 16.9. The van der Waals surface area contributed by atoms with Crippen LogP contribution in [0, 0.1) is 0 Å². The molecule has 0 saturated carbocycles. The fraction of sp³-hybridized carbons (Fsp3) is 0.100. The van der Waals surface area contributed by atoms with E-state index in [-0.39, 0.29) is 16.3 Å². The van der Waals surface area contributed by atoms with E-state index in [2.05, 4.69) is 10.5 Å². The molecule has 0 aromatic heterocycles. The maximum atomic E-state index is 12.4. The maximum Gasteiger partial charge on any atom is 0.345 e. The van der Waals surface area contributed by atoms with Crippen molar-refractivity contribution in [1.29, 1.82) is 0 Å². The summed E-state index contributed by atoms with van der Waals surface area (Å²) in [6.45, 7) is 2.08. The first kappa shape index (κ1) is 27.7. The number of rotatable bonds is 10. The zero-order valence-electron chi connectivity index (χ0n) is 20.8. The van der Waals surface area contributed by atoms with Crippen molar-refractivity contribution < 1.29 is 23.8 Å². The molecule has 0 heterocycles. The van der Waals surface area contributed by atoms with Gasteiger partial charge in [-0.1, -0.05) is 65.7 Å². The topological polar surface area (TPSA) is 86.2 Å². The van der Waals surface area contributed by atoms with Crippen molar-refractivity contribution in [1.82, 2.24) is 5.43 Å². The molecule has 1 N–H and O–H groups in total. The van der Waals surface area contributed by atoms with Gasteiger partial charge in [0.15, 0.2) is 6.10 Å². The standard InChI is InChI=1S/C30H24Cl2N2O5/c1-20(38-25-13-11-24(12-14-25)37-19-21-6-3-2-4-7-21)29(35)34-33-18-22-8-5-9-26(16-22)39-30(36)27-15-10-23(31)17-28(27)32/h2-18,20H,19H2,1H3,(H,34,35). The fourth-order valence-corrected chi connectivity index (χ4v) is 3.84. The predicted molar refractivity (Wildman–Crippen MR) is 151 cm³/mol. The number of hydrogen-bond acceptors (Lipinski definition) is 6. The number of nitrogens with one attached hydrogen (secondary N) is 1. The number of benzene rings is 4. The van der Waals surface area contributed by atoms with Crippen LogP contribution in [0.1, 0.15) is 28.4 Å². The number of carbonyl (C=O) groups excluding carboxylic acids is 2. The fourth-order valence-electron chi connectivity index (χ4n) is 3.35. The molecule has 4 rings (SSSR count). The SMILES string of the molecule is CC(Oc1ccc(OCc2ccccc2)cc1)C(=O)NN=Cc1cccc(OC(=O)c2ccc(Cl)cc2Cl)c1. The second kappa shape index (κ2) is 13.5. The largest absolute Gasteiger partial charge is 0.489 e. The first-order chi connectivity index (χ1) is 18.9. The van der Waals surface area contributed by atoms with Gasteiger partial charge in [0.25, 0.3) is 5.91 Å². The zero-order valence-corrected chi connectivity index (χ0v) is 22.4. The summed E-state index contributed by atoms with van der Waals surface area (Å²) in [6.07, 6.45) is 0.630. The van der Waals surface area contributed by atoms with Gasteiger partial charge in [0.05, 0.1) is 16.8 Å². The van der Waals surface area contributed by atoms with E-state index in [0.717, 1.165) is 5.56 Å². The Morgan fingerprint density at radius 1 is 0.872 bits per heavy atom. The van der Waals surface area contributed by atoms with E-state index in [1.165, 1.54) is 18.3 Å². The molecular weight excluding hydrogens is 539 g/mol. The molecule has 0 fully saturated rings. The lowest BCUT2D eigenvalue weighted by Crippen LogP contribution is -2.33. The molecule has 1 amide bonds. The van der Waals surface area contributed by atoms with Crippen LogP contribution in [-0.2, 0) is 11.4 Å². The summed E-state index contributed by atoms with van der Waals surface area (Å²) in [7, 11) is 0. The van der Waals surface area contributed by atoms with Crippen LogP contribution in [0.2, 0.25) is 10.0 Å². The van der Waals surface area contributed by atoms with E-state index < -0.39 is 18.0 Å². The van der Waals surface area contributed by atoms with E-state index >= 15 is 0 Å². The Balaban J connectivity index is 1.26. The van der Waals surface area contributed by atoms with Crippen molar-refractivity contribution >= 4 is 41.3 Å². The number of hydrogen-bond donors (Lipinski definition) is 1. The lowest BCUT2D eigenvalue weighted by Gasteiger charge is -2.13. The Morgan fingerprint density at radius 2 is 1.62 bits per heavy atom. The third-order valence-corrected chi connectivity index (χ3v) is 5.91. The summed E-state index contributed by atoms with van der Waals surface area (Å²) in [6, 6.07) is 28.0. The lowest BCUT2D eigenvalue weighted by molar-refractivity contribution is -0.127. The van der Waals surface area contributed by atoms with Crippen LogP contribution in [0.5, 0.6) is 17.2 Å². The molecular formula is C30H24Cl2N2O5. The summed E-state index contributed by atoms with van der Waals surface area (Å²) in [4.78, 5) is 24.9. The molecule has 0 spiro atoms. The maximum absolute atomic E-state index is 12.4. The number of amides is 1. The van der Waals surface area contributed by atoms with E-state index in [0.29, 0.717) is 28.7 Å². The second-order valence-electron chi connectivity index (χ2n) is 8.33. The minimum absolute atomic E-state index is 0.190. The molecule has 1 unspecified atom stereocenters. The molecule has 198 valence electrons.